The SMILES string of the molecule is COc1ccc(C23Oc4cc(OC)cc(OC)c4C2(O)C(O)C(C(=O)NN)C3c2ccccc2)cc1. The molecule has 0 spiro atoms. The second-order valence-corrected chi connectivity index (χ2v) is 8.90. The quantitative estimate of drug-likeness (QED) is 0.233. The van der Waals surface area contributed by atoms with Crippen LogP contribution in [0.2, 0.25) is 0 Å². The number of nitrogens with one attached hydrogen (secondary N) is 1. The Balaban J connectivity index is 1.88. The molecule has 3 aromatic rings. The average Bonchev–Trinajstić information content (AvgIpc) is 3.30. The zero-order valence-electron chi connectivity index (χ0n) is 20.1. The molecular formula is C27H28N2O7. The molecule has 1 heterocycles. The Hall–Kier alpha value is -3.79. The van der Waals surface area contributed by atoms with Crippen LogP contribution in [-0.2, 0) is 16.0 Å². The molecule has 5 unspecified atom stereocenters. The fourth-order valence-electron chi connectivity index (χ4n) is 5.89. The number of rotatable bonds is 6. The highest BCUT2D eigenvalue weighted by molar-refractivity contribution is 5.82. The first-order valence-corrected chi connectivity index (χ1v) is 11.4. The number of fused-ring (bicyclic) bond motifs is 3. The summed E-state index contributed by atoms with van der Waals surface area (Å²) in [6, 6.07) is 19.4. The van der Waals surface area contributed by atoms with Gasteiger partial charge in [0, 0.05) is 18.1 Å². The minimum atomic E-state index is -2.10. The van der Waals surface area contributed by atoms with Crippen molar-refractivity contribution in [1.82, 2.24) is 5.43 Å². The molecule has 5 rings (SSSR count). The summed E-state index contributed by atoms with van der Waals surface area (Å²) in [4.78, 5) is 13.2. The van der Waals surface area contributed by atoms with E-state index in [-0.39, 0.29) is 17.1 Å². The van der Waals surface area contributed by atoms with E-state index in [9.17, 15) is 15.0 Å². The van der Waals surface area contributed by atoms with Crippen molar-refractivity contribution >= 4 is 5.91 Å². The van der Waals surface area contributed by atoms with E-state index in [1.54, 1.807) is 43.5 Å². The maximum atomic E-state index is 13.2. The van der Waals surface area contributed by atoms with Crippen molar-refractivity contribution in [2.24, 2.45) is 11.8 Å². The van der Waals surface area contributed by atoms with Gasteiger partial charge in [-0.15, -0.1) is 0 Å². The van der Waals surface area contributed by atoms with Gasteiger partial charge < -0.3 is 29.2 Å². The largest absolute Gasteiger partial charge is 0.497 e. The number of aliphatic hydroxyl groups is 2. The molecule has 9 nitrogen and oxygen atoms in total. The van der Waals surface area contributed by atoms with Crippen molar-refractivity contribution in [2.75, 3.05) is 21.3 Å². The minimum absolute atomic E-state index is 0.224. The van der Waals surface area contributed by atoms with Crippen LogP contribution in [0, 0.1) is 5.92 Å². The van der Waals surface area contributed by atoms with Crippen LogP contribution in [0.3, 0.4) is 0 Å². The molecule has 5 N–H and O–H groups in total. The first-order valence-electron chi connectivity index (χ1n) is 11.4. The van der Waals surface area contributed by atoms with Crippen LogP contribution in [-0.4, -0.2) is 43.6 Å². The van der Waals surface area contributed by atoms with E-state index < -0.39 is 35.0 Å². The van der Waals surface area contributed by atoms with E-state index >= 15 is 0 Å². The molecule has 2 aliphatic rings. The third-order valence-corrected chi connectivity index (χ3v) is 7.40. The Morgan fingerprint density at radius 2 is 1.64 bits per heavy atom. The molecule has 188 valence electrons. The van der Waals surface area contributed by atoms with Gasteiger partial charge in [0.2, 0.25) is 5.91 Å². The number of hydrogen-bond acceptors (Lipinski definition) is 8. The van der Waals surface area contributed by atoms with Gasteiger partial charge in [-0.1, -0.05) is 42.5 Å². The fourth-order valence-corrected chi connectivity index (χ4v) is 5.89. The van der Waals surface area contributed by atoms with Crippen molar-refractivity contribution in [3.63, 3.8) is 0 Å². The van der Waals surface area contributed by atoms with Crippen LogP contribution < -0.4 is 30.2 Å². The Bertz CT molecular complexity index is 1280. The molecule has 0 radical (unpaired) electrons. The second kappa shape index (κ2) is 8.70. The zero-order chi connectivity index (χ0) is 25.7. The molecule has 1 aliphatic carbocycles. The molecule has 5 atom stereocenters. The van der Waals surface area contributed by atoms with Crippen LogP contribution in [0.15, 0.2) is 66.7 Å². The normalized spacial score (nSPS) is 28.0. The predicted octanol–water partition coefficient (Wildman–Crippen LogP) is 1.95. The van der Waals surface area contributed by atoms with Gasteiger partial charge in [0.25, 0.3) is 0 Å². The van der Waals surface area contributed by atoms with Crippen molar-refractivity contribution in [3.8, 4) is 23.0 Å². The third kappa shape index (κ3) is 3.03. The Morgan fingerprint density at radius 3 is 2.22 bits per heavy atom. The predicted molar refractivity (Wildman–Crippen MR) is 130 cm³/mol. The number of hydrazine groups is 1. The topological polar surface area (TPSA) is 133 Å². The summed E-state index contributed by atoms with van der Waals surface area (Å²) in [6.07, 6.45) is -1.61. The van der Waals surface area contributed by atoms with E-state index in [1.165, 1.54) is 14.2 Å². The zero-order valence-corrected chi connectivity index (χ0v) is 20.1. The number of nitrogens with two attached hydrogens (primary N) is 1. The Morgan fingerprint density at radius 1 is 0.972 bits per heavy atom. The van der Waals surface area contributed by atoms with Crippen LogP contribution in [0.25, 0.3) is 0 Å². The van der Waals surface area contributed by atoms with Crippen molar-refractivity contribution in [1.29, 1.82) is 0 Å². The van der Waals surface area contributed by atoms with Crippen molar-refractivity contribution < 1.29 is 34.0 Å². The molecule has 36 heavy (non-hydrogen) atoms. The van der Waals surface area contributed by atoms with Gasteiger partial charge in [0.05, 0.1) is 32.8 Å². The van der Waals surface area contributed by atoms with Crippen LogP contribution >= 0.6 is 0 Å². The molecular weight excluding hydrogens is 464 g/mol. The van der Waals surface area contributed by atoms with Gasteiger partial charge in [0.1, 0.15) is 29.1 Å². The molecule has 1 amide bonds. The summed E-state index contributed by atoms with van der Waals surface area (Å²) in [7, 11) is 4.51. The summed E-state index contributed by atoms with van der Waals surface area (Å²) in [6.45, 7) is 0. The number of benzene rings is 3. The van der Waals surface area contributed by atoms with Crippen LogP contribution in [0.1, 0.15) is 22.6 Å². The first kappa shape index (κ1) is 23.9. The van der Waals surface area contributed by atoms with Gasteiger partial charge in [0.15, 0.2) is 11.2 Å². The molecule has 9 heteroatoms. The summed E-state index contributed by atoms with van der Waals surface area (Å²) in [5, 5.41) is 24.5. The van der Waals surface area contributed by atoms with E-state index in [2.05, 4.69) is 5.43 Å². The molecule has 3 aromatic carbocycles. The molecule has 0 aromatic heterocycles. The van der Waals surface area contributed by atoms with E-state index in [1.807, 2.05) is 30.3 Å². The van der Waals surface area contributed by atoms with Crippen LogP contribution in [0.4, 0.5) is 0 Å². The highest BCUT2D eigenvalue weighted by Crippen LogP contribution is 2.70. The average molecular weight is 493 g/mol. The fraction of sp³-hybridized carbons (Fsp3) is 0.296. The number of methoxy groups -OCH3 is 3. The summed E-state index contributed by atoms with van der Waals surface area (Å²) >= 11 is 0. The lowest BCUT2D eigenvalue weighted by Crippen LogP contribution is -2.52. The number of carbonyl (C=O) groups excluding carboxylic acids is 1. The highest BCUT2D eigenvalue weighted by Gasteiger charge is 2.78. The molecule has 0 saturated heterocycles. The summed E-state index contributed by atoms with van der Waals surface area (Å²) in [5.41, 5.74) is -0.148. The number of hydrogen-bond donors (Lipinski definition) is 4. The minimum Gasteiger partial charge on any atom is -0.497 e. The lowest BCUT2D eigenvalue weighted by Gasteiger charge is -2.40. The summed E-state index contributed by atoms with van der Waals surface area (Å²) < 4.78 is 23.1. The number of aliphatic hydroxyl groups excluding tert-OH is 1. The smallest absolute Gasteiger partial charge is 0.240 e. The molecule has 1 saturated carbocycles. The van der Waals surface area contributed by atoms with Crippen molar-refractivity contribution in [2.45, 2.75) is 23.2 Å². The summed E-state index contributed by atoms with van der Waals surface area (Å²) in [5.74, 6) is 4.49. The molecule has 1 aliphatic heterocycles. The maximum Gasteiger partial charge on any atom is 0.240 e. The standard InChI is InChI=1S/C27H28N2O7/c1-33-17-11-9-16(10-12-17)27-22(15-7-5-4-6-8-15)21(25(31)29-28)24(30)26(27,32)23-19(35-3)13-18(34-2)14-20(23)36-27/h4-14,21-22,24,30,32H,28H2,1-3H3,(H,29,31). The Kier molecular flexibility index (Phi) is 5.78. The first-order chi connectivity index (χ1) is 17.4. The van der Waals surface area contributed by atoms with E-state index in [4.69, 9.17) is 24.8 Å². The monoisotopic (exact) mass is 492 g/mol. The number of ether oxygens (including phenoxy) is 4. The number of carbonyl (C=O) groups is 1. The molecule has 1 fully saturated rings. The van der Waals surface area contributed by atoms with E-state index in [0.29, 0.717) is 22.6 Å². The van der Waals surface area contributed by atoms with Gasteiger partial charge >= 0.3 is 0 Å². The van der Waals surface area contributed by atoms with E-state index in [0.717, 1.165) is 0 Å². The van der Waals surface area contributed by atoms with Gasteiger partial charge in [-0.25, -0.2) is 5.84 Å². The maximum absolute atomic E-state index is 13.2. The lowest BCUT2D eigenvalue weighted by atomic mass is 9.70. The van der Waals surface area contributed by atoms with Gasteiger partial charge in [-0.2, -0.15) is 0 Å². The van der Waals surface area contributed by atoms with Crippen LogP contribution in [0.5, 0.6) is 23.0 Å². The second-order valence-electron chi connectivity index (χ2n) is 8.90. The lowest BCUT2D eigenvalue weighted by molar-refractivity contribution is -0.154. The number of amides is 1. The Labute approximate surface area is 208 Å². The van der Waals surface area contributed by atoms with Crippen molar-refractivity contribution in [3.05, 3.63) is 83.4 Å². The van der Waals surface area contributed by atoms with Gasteiger partial charge in [-0.3, -0.25) is 10.2 Å². The highest BCUT2D eigenvalue weighted by atomic mass is 16.5. The van der Waals surface area contributed by atoms with Gasteiger partial charge in [-0.05, 0) is 23.3 Å². The third-order valence-electron chi connectivity index (χ3n) is 7.40. The molecule has 0 bridgehead atoms.